The van der Waals surface area contributed by atoms with E-state index in [0.717, 1.165) is 12.8 Å². The Morgan fingerprint density at radius 2 is 2.22 bits per heavy atom. The van der Waals surface area contributed by atoms with Crippen molar-refractivity contribution in [3.05, 3.63) is 28.8 Å². The molecule has 0 aliphatic rings. The largest absolute Gasteiger partial charge is 0.480 e. The Morgan fingerprint density at radius 1 is 1.44 bits per heavy atom. The number of aliphatic hydroxyl groups is 1. The highest BCUT2D eigenvalue weighted by molar-refractivity contribution is 6.32. The van der Waals surface area contributed by atoms with Gasteiger partial charge in [-0.1, -0.05) is 37.1 Å². The van der Waals surface area contributed by atoms with Crippen LogP contribution in [0.1, 0.15) is 25.3 Å². The second-order valence-corrected chi connectivity index (χ2v) is 4.16. The maximum absolute atomic E-state index is 11.3. The van der Waals surface area contributed by atoms with Crippen LogP contribution in [0.25, 0.3) is 0 Å². The van der Waals surface area contributed by atoms with Gasteiger partial charge in [-0.15, -0.1) is 0 Å². The SMILES string of the molecule is CCCCOC(=O)COc1c(Cl)cccc1CO. The zero-order valence-electron chi connectivity index (χ0n) is 10.3. The van der Waals surface area contributed by atoms with Crippen molar-refractivity contribution >= 4 is 17.6 Å². The minimum Gasteiger partial charge on any atom is -0.480 e. The molecule has 1 N–H and O–H groups in total. The maximum atomic E-state index is 11.3. The van der Waals surface area contributed by atoms with Gasteiger partial charge in [0.2, 0.25) is 0 Å². The number of esters is 1. The van der Waals surface area contributed by atoms with Gasteiger partial charge in [-0.2, -0.15) is 0 Å². The lowest BCUT2D eigenvalue weighted by molar-refractivity contribution is -0.146. The van der Waals surface area contributed by atoms with E-state index < -0.39 is 5.97 Å². The van der Waals surface area contributed by atoms with Crippen LogP contribution in [0.3, 0.4) is 0 Å². The first kappa shape index (κ1) is 14.8. The standard InChI is InChI=1S/C13H17ClO4/c1-2-3-7-17-12(16)9-18-13-10(8-15)5-4-6-11(13)14/h4-6,15H,2-3,7-9H2,1H3. The highest BCUT2D eigenvalue weighted by atomic mass is 35.5. The van der Waals surface area contributed by atoms with Crippen LogP contribution >= 0.6 is 11.6 Å². The van der Waals surface area contributed by atoms with Gasteiger partial charge in [-0.05, 0) is 12.5 Å². The van der Waals surface area contributed by atoms with E-state index in [1.165, 1.54) is 0 Å². The van der Waals surface area contributed by atoms with E-state index in [2.05, 4.69) is 0 Å². The van der Waals surface area contributed by atoms with E-state index >= 15 is 0 Å². The van der Waals surface area contributed by atoms with Gasteiger partial charge in [-0.3, -0.25) is 0 Å². The molecule has 0 aliphatic heterocycles. The molecule has 0 atom stereocenters. The number of ether oxygens (including phenoxy) is 2. The minimum atomic E-state index is -0.438. The van der Waals surface area contributed by atoms with Crippen molar-refractivity contribution in [2.75, 3.05) is 13.2 Å². The zero-order chi connectivity index (χ0) is 13.4. The summed E-state index contributed by atoms with van der Waals surface area (Å²) in [6.45, 7) is 2.01. The monoisotopic (exact) mass is 272 g/mol. The lowest BCUT2D eigenvalue weighted by atomic mass is 10.2. The third-order valence-corrected chi connectivity index (χ3v) is 2.61. The van der Waals surface area contributed by atoms with E-state index in [1.807, 2.05) is 6.92 Å². The summed E-state index contributed by atoms with van der Waals surface area (Å²) in [6.07, 6.45) is 1.80. The number of aliphatic hydroxyl groups excluding tert-OH is 1. The van der Waals surface area contributed by atoms with Gasteiger partial charge in [0.1, 0.15) is 5.75 Å². The average Bonchev–Trinajstić information content (AvgIpc) is 2.37. The number of halogens is 1. The fourth-order valence-corrected chi connectivity index (χ4v) is 1.59. The molecule has 0 fully saturated rings. The molecule has 0 heterocycles. The third-order valence-electron chi connectivity index (χ3n) is 2.31. The molecule has 100 valence electrons. The molecule has 0 aromatic heterocycles. The molecule has 0 bridgehead atoms. The number of unbranched alkanes of at least 4 members (excludes halogenated alkanes) is 1. The highest BCUT2D eigenvalue weighted by Crippen LogP contribution is 2.28. The molecule has 0 unspecified atom stereocenters. The Balaban J connectivity index is 2.50. The zero-order valence-corrected chi connectivity index (χ0v) is 11.1. The Labute approximate surface area is 111 Å². The molecule has 1 aromatic carbocycles. The molecule has 0 amide bonds. The first-order valence-electron chi connectivity index (χ1n) is 5.85. The van der Waals surface area contributed by atoms with Gasteiger partial charge in [0, 0.05) is 5.56 Å². The summed E-state index contributed by atoms with van der Waals surface area (Å²) >= 11 is 5.93. The Bertz CT molecular complexity index is 393. The van der Waals surface area contributed by atoms with E-state index in [4.69, 9.17) is 26.2 Å². The summed E-state index contributed by atoms with van der Waals surface area (Å²) in [5.41, 5.74) is 0.545. The Kier molecular flexibility index (Phi) is 6.54. The Hall–Kier alpha value is -1.26. The second kappa shape index (κ2) is 7.95. The van der Waals surface area contributed by atoms with Crippen LogP contribution in [0.4, 0.5) is 0 Å². The lowest BCUT2D eigenvalue weighted by Crippen LogP contribution is -2.16. The number of hydrogen-bond donors (Lipinski definition) is 1. The van der Waals surface area contributed by atoms with Crippen molar-refractivity contribution in [2.45, 2.75) is 26.4 Å². The van der Waals surface area contributed by atoms with Gasteiger partial charge >= 0.3 is 5.97 Å². The molecule has 0 aliphatic carbocycles. The summed E-state index contributed by atoms with van der Waals surface area (Å²) < 4.78 is 10.2. The van der Waals surface area contributed by atoms with Crippen LogP contribution in [0, 0.1) is 0 Å². The van der Waals surface area contributed by atoms with Crippen molar-refractivity contribution in [3.63, 3.8) is 0 Å². The number of para-hydroxylation sites is 1. The first-order valence-corrected chi connectivity index (χ1v) is 6.23. The molecule has 0 saturated carbocycles. The highest BCUT2D eigenvalue weighted by Gasteiger charge is 2.10. The first-order chi connectivity index (χ1) is 8.69. The Morgan fingerprint density at radius 3 is 2.89 bits per heavy atom. The average molecular weight is 273 g/mol. The molecule has 18 heavy (non-hydrogen) atoms. The molecule has 4 nitrogen and oxygen atoms in total. The second-order valence-electron chi connectivity index (χ2n) is 3.75. The summed E-state index contributed by atoms with van der Waals surface area (Å²) in [5.74, 6) is -0.110. The number of carbonyl (C=O) groups is 1. The third kappa shape index (κ3) is 4.55. The molecule has 1 aromatic rings. The fraction of sp³-hybridized carbons (Fsp3) is 0.462. The van der Waals surface area contributed by atoms with E-state index in [1.54, 1.807) is 18.2 Å². The van der Waals surface area contributed by atoms with Crippen LogP contribution in [0.2, 0.25) is 5.02 Å². The summed E-state index contributed by atoms with van der Waals surface area (Å²) in [4.78, 5) is 11.3. The molecule has 0 radical (unpaired) electrons. The van der Waals surface area contributed by atoms with Crippen LogP contribution in [0.5, 0.6) is 5.75 Å². The van der Waals surface area contributed by atoms with Gasteiger partial charge in [0.05, 0.1) is 18.2 Å². The summed E-state index contributed by atoms with van der Waals surface area (Å²) in [5, 5.41) is 9.49. The van der Waals surface area contributed by atoms with Gasteiger partial charge in [-0.25, -0.2) is 4.79 Å². The quantitative estimate of drug-likeness (QED) is 0.612. The van der Waals surface area contributed by atoms with Crippen LogP contribution < -0.4 is 4.74 Å². The van der Waals surface area contributed by atoms with Gasteiger partial charge < -0.3 is 14.6 Å². The van der Waals surface area contributed by atoms with Crippen LogP contribution in [-0.4, -0.2) is 24.3 Å². The summed E-state index contributed by atoms with van der Waals surface area (Å²) in [7, 11) is 0. The molecule has 1 rings (SSSR count). The number of carbonyl (C=O) groups excluding carboxylic acids is 1. The number of rotatable bonds is 7. The molecule has 0 spiro atoms. The molecular weight excluding hydrogens is 256 g/mol. The normalized spacial score (nSPS) is 10.2. The molecular formula is C13H17ClO4. The van der Waals surface area contributed by atoms with E-state index in [9.17, 15) is 4.79 Å². The van der Waals surface area contributed by atoms with Gasteiger partial charge in [0.15, 0.2) is 6.61 Å². The van der Waals surface area contributed by atoms with Crippen molar-refractivity contribution < 1.29 is 19.4 Å². The lowest BCUT2D eigenvalue weighted by Gasteiger charge is -2.11. The van der Waals surface area contributed by atoms with Crippen molar-refractivity contribution in [3.8, 4) is 5.75 Å². The predicted octanol–water partition coefficient (Wildman–Crippen LogP) is 2.55. The molecule has 5 heteroatoms. The predicted molar refractivity (Wildman–Crippen MR) is 68.7 cm³/mol. The van der Waals surface area contributed by atoms with Gasteiger partial charge in [0.25, 0.3) is 0 Å². The number of benzene rings is 1. The van der Waals surface area contributed by atoms with E-state index in [-0.39, 0.29) is 13.2 Å². The maximum Gasteiger partial charge on any atom is 0.344 e. The van der Waals surface area contributed by atoms with Crippen molar-refractivity contribution in [1.29, 1.82) is 0 Å². The van der Waals surface area contributed by atoms with Crippen LogP contribution in [-0.2, 0) is 16.1 Å². The topological polar surface area (TPSA) is 55.8 Å². The van der Waals surface area contributed by atoms with E-state index in [0.29, 0.717) is 22.9 Å². The fourth-order valence-electron chi connectivity index (χ4n) is 1.34. The number of hydrogen-bond acceptors (Lipinski definition) is 4. The summed E-state index contributed by atoms with van der Waals surface area (Å²) in [6, 6.07) is 5.03. The van der Waals surface area contributed by atoms with Crippen LogP contribution in [0.15, 0.2) is 18.2 Å². The molecule has 0 saturated heterocycles. The smallest absolute Gasteiger partial charge is 0.344 e. The minimum absolute atomic E-state index is 0.194. The van der Waals surface area contributed by atoms with Crippen molar-refractivity contribution in [1.82, 2.24) is 0 Å². The van der Waals surface area contributed by atoms with Crippen molar-refractivity contribution in [2.24, 2.45) is 0 Å².